The van der Waals surface area contributed by atoms with Gasteiger partial charge in [-0.25, -0.2) is 0 Å². The van der Waals surface area contributed by atoms with Crippen LogP contribution in [0.3, 0.4) is 0 Å². The predicted octanol–water partition coefficient (Wildman–Crippen LogP) is 0.741. The molecule has 2 aliphatic heterocycles. The van der Waals surface area contributed by atoms with Crippen LogP contribution in [0, 0.1) is 0 Å². The Balaban J connectivity index is 1.81. The Morgan fingerprint density at radius 1 is 1.40 bits per heavy atom. The first-order chi connectivity index (χ1) is 12.0. The van der Waals surface area contributed by atoms with Gasteiger partial charge in [-0.15, -0.1) is 0 Å². The summed E-state index contributed by atoms with van der Waals surface area (Å²) >= 11 is 0. The largest absolute Gasteiger partial charge is 0.487 e. The summed E-state index contributed by atoms with van der Waals surface area (Å²) in [6.45, 7) is -0.288. The van der Waals surface area contributed by atoms with Crippen molar-refractivity contribution in [2.75, 3.05) is 25.6 Å². The van der Waals surface area contributed by atoms with Crippen molar-refractivity contribution in [1.29, 1.82) is 0 Å². The molecule has 0 unspecified atom stereocenters. The maximum atomic E-state index is 11.7. The number of carboxylic acid groups (broad SMARTS) is 1. The van der Waals surface area contributed by atoms with Crippen LogP contribution in [0.1, 0.15) is 24.3 Å². The summed E-state index contributed by atoms with van der Waals surface area (Å²) < 4.78 is 16.4. The molecule has 25 heavy (non-hydrogen) atoms. The number of benzene rings is 1. The first kappa shape index (κ1) is 17.7. The lowest BCUT2D eigenvalue weighted by Gasteiger charge is -2.36. The van der Waals surface area contributed by atoms with Crippen molar-refractivity contribution in [3.8, 4) is 5.75 Å². The summed E-state index contributed by atoms with van der Waals surface area (Å²) in [5.41, 5.74) is 1.50. The normalized spacial score (nSPS) is 27.1. The molecule has 4 atom stereocenters. The number of carbonyl (C=O) groups is 2. The summed E-state index contributed by atoms with van der Waals surface area (Å²) in [6.07, 6.45) is -1.08. The number of carboxylic acids is 1. The zero-order chi connectivity index (χ0) is 18.0. The van der Waals surface area contributed by atoms with Crippen molar-refractivity contribution in [1.82, 2.24) is 0 Å². The lowest BCUT2D eigenvalue weighted by Crippen LogP contribution is -2.46. The number of nitrogens with one attached hydrogen (secondary N) is 1. The van der Waals surface area contributed by atoms with E-state index in [2.05, 4.69) is 5.32 Å². The number of amides is 1. The Hall–Kier alpha value is -2.16. The molecule has 0 spiro atoms. The zero-order valence-corrected chi connectivity index (χ0v) is 13.8. The van der Waals surface area contributed by atoms with Crippen LogP contribution in [0.5, 0.6) is 5.75 Å². The third-order valence-electron chi connectivity index (χ3n) is 4.46. The second-order valence-electron chi connectivity index (χ2n) is 6.24. The Labute approximate surface area is 144 Å². The Kier molecular flexibility index (Phi) is 5.22. The second kappa shape index (κ2) is 7.38. The van der Waals surface area contributed by atoms with Gasteiger partial charge in [-0.2, -0.15) is 0 Å². The minimum atomic E-state index is -0.945. The SMILES string of the molecule is COCC(=O)Nc1ccc2c(c1)[C@H]1C[C@@H](CC(=O)O)O[C@@H](CO)[C@H]1O2. The number of aliphatic carboxylic acids is 1. The topological polar surface area (TPSA) is 114 Å². The van der Waals surface area contributed by atoms with Crippen LogP contribution in [0.25, 0.3) is 0 Å². The van der Waals surface area contributed by atoms with Crippen molar-refractivity contribution in [2.45, 2.75) is 37.1 Å². The summed E-state index contributed by atoms with van der Waals surface area (Å²) in [6, 6.07) is 5.31. The van der Waals surface area contributed by atoms with Gasteiger partial charge in [-0.1, -0.05) is 0 Å². The molecule has 1 aromatic rings. The van der Waals surface area contributed by atoms with Crippen LogP contribution in [0.15, 0.2) is 18.2 Å². The molecular formula is C17H21NO7. The highest BCUT2D eigenvalue weighted by Gasteiger charge is 2.46. The number of ether oxygens (including phenoxy) is 3. The Bertz CT molecular complexity index is 662. The first-order valence-electron chi connectivity index (χ1n) is 8.09. The number of aliphatic hydroxyl groups excluding tert-OH is 1. The number of aliphatic hydroxyl groups is 1. The van der Waals surface area contributed by atoms with Crippen LogP contribution in [-0.2, 0) is 19.1 Å². The van der Waals surface area contributed by atoms with Crippen LogP contribution in [0.2, 0.25) is 0 Å². The van der Waals surface area contributed by atoms with E-state index in [9.17, 15) is 14.7 Å². The highest BCUT2D eigenvalue weighted by Crippen LogP contribution is 2.47. The number of carbonyl (C=O) groups excluding carboxylic acids is 1. The van der Waals surface area contributed by atoms with Gasteiger partial charge >= 0.3 is 5.97 Å². The van der Waals surface area contributed by atoms with E-state index in [-0.39, 0.29) is 37.6 Å². The molecule has 1 saturated heterocycles. The van der Waals surface area contributed by atoms with E-state index in [1.54, 1.807) is 12.1 Å². The van der Waals surface area contributed by atoms with E-state index >= 15 is 0 Å². The average Bonchev–Trinajstić information content (AvgIpc) is 2.92. The molecule has 0 aromatic heterocycles. The molecule has 0 aliphatic carbocycles. The van der Waals surface area contributed by atoms with Crippen molar-refractivity contribution in [2.24, 2.45) is 0 Å². The minimum Gasteiger partial charge on any atom is -0.487 e. The molecule has 1 aromatic carbocycles. The molecule has 8 heteroatoms. The Morgan fingerprint density at radius 2 is 2.20 bits per heavy atom. The number of rotatable bonds is 6. The summed E-state index contributed by atoms with van der Waals surface area (Å²) in [5, 5.41) is 21.3. The molecule has 8 nitrogen and oxygen atoms in total. The fraction of sp³-hybridized carbons (Fsp3) is 0.529. The Morgan fingerprint density at radius 3 is 2.88 bits per heavy atom. The van der Waals surface area contributed by atoms with Crippen molar-refractivity contribution in [3.63, 3.8) is 0 Å². The summed E-state index contributed by atoms with van der Waals surface area (Å²) in [4.78, 5) is 22.7. The lowest BCUT2D eigenvalue weighted by atomic mass is 9.84. The zero-order valence-electron chi connectivity index (χ0n) is 13.8. The third-order valence-corrected chi connectivity index (χ3v) is 4.46. The smallest absolute Gasteiger partial charge is 0.305 e. The van der Waals surface area contributed by atoms with E-state index < -0.39 is 18.2 Å². The van der Waals surface area contributed by atoms with Crippen LogP contribution >= 0.6 is 0 Å². The van der Waals surface area contributed by atoms with E-state index in [1.165, 1.54) is 7.11 Å². The van der Waals surface area contributed by atoms with Crippen molar-refractivity contribution >= 4 is 17.6 Å². The van der Waals surface area contributed by atoms with Crippen LogP contribution < -0.4 is 10.1 Å². The molecule has 136 valence electrons. The first-order valence-corrected chi connectivity index (χ1v) is 8.09. The quantitative estimate of drug-likeness (QED) is 0.692. The van der Waals surface area contributed by atoms with E-state index in [1.807, 2.05) is 6.07 Å². The van der Waals surface area contributed by atoms with Gasteiger partial charge in [0.05, 0.1) is 19.1 Å². The molecule has 3 rings (SSSR count). The third kappa shape index (κ3) is 3.76. The molecule has 2 heterocycles. The maximum Gasteiger partial charge on any atom is 0.305 e. The molecule has 1 fully saturated rings. The van der Waals surface area contributed by atoms with E-state index in [4.69, 9.17) is 19.3 Å². The molecule has 0 saturated carbocycles. The maximum absolute atomic E-state index is 11.7. The average molecular weight is 351 g/mol. The number of fused-ring (bicyclic) bond motifs is 3. The van der Waals surface area contributed by atoms with Crippen molar-refractivity contribution in [3.05, 3.63) is 23.8 Å². The van der Waals surface area contributed by atoms with Crippen molar-refractivity contribution < 1.29 is 34.0 Å². The van der Waals surface area contributed by atoms with Gasteiger partial charge in [0.25, 0.3) is 0 Å². The van der Waals surface area contributed by atoms with Gasteiger partial charge in [0.1, 0.15) is 24.6 Å². The number of anilines is 1. The number of hydrogen-bond acceptors (Lipinski definition) is 6. The molecule has 0 radical (unpaired) electrons. The van der Waals surface area contributed by atoms with Crippen LogP contribution in [-0.4, -0.2) is 60.7 Å². The van der Waals surface area contributed by atoms with Gasteiger partial charge in [0.15, 0.2) is 0 Å². The fourth-order valence-corrected chi connectivity index (χ4v) is 3.49. The molecule has 2 aliphatic rings. The van der Waals surface area contributed by atoms with E-state index in [0.717, 1.165) is 5.56 Å². The van der Waals surface area contributed by atoms with Crippen LogP contribution in [0.4, 0.5) is 5.69 Å². The highest BCUT2D eigenvalue weighted by atomic mass is 16.6. The molecular weight excluding hydrogens is 330 g/mol. The highest BCUT2D eigenvalue weighted by molar-refractivity contribution is 5.91. The van der Waals surface area contributed by atoms with Gasteiger partial charge in [-0.3, -0.25) is 9.59 Å². The molecule has 3 N–H and O–H groups in total. The molecule has 1 amide bonds. The molecule has 0 bridgehead atoms. The summed E-state index contributed by atoms with van der Waals surface area (Å²) in [7, 11) is 1.44. The fourth-order valence-electron chi connectivity index (χ4n) is 3.49. The van der Waals surface area contributed by atoms with Gasteiger partial charge in [0, 0.05) is 24.3 Å². The monoisotopic (exact) mass is 351 g/mol. The standard InChI is InChI=1S/C17H21NO7/c1-23-8-15(20)18-9-2-3-13-11(4-9)12-5-10(6-16(21)22)24-14(7-19)17(12)25-13/h2-4,10,12,14,17,19H,5-8H2,1H3,(H,18,20)(H,21,22)/t10-,12+,14-,17-/m0/s1. The second-order valence-corrected chi connectivity index (χ2v) is 6.24. The minimum absolute atomic E-state index is 0.0409. The van der Waals surface area contributed by atoms with Gasteiger partial charge in [-0.05, 0) is 24.6 Å². The lowest BCUT2D eigenvalue weighted by molar-refractivity contribution is -0.153. The predicted molar refractivity (Wildman–Crippen MR) is 86.7 cm³/mol. The van der Waals surface area contributed by atoms with E-state index in [0.29, 0.717) is 17.9 Å². The number of hydrogen-bond donors (Lipinski definition) is 3. The number of methoxy groups -OCH3 is 1. The summed E-state index contributed by atoms with van der Waals surface area (Å²) in [5.74, 6) is -0.635. The van der Waals surface area contributed by atoms with Gasteiger partial charge in [0.2, 0.25) is 5.91 Å². The van der Waals surface area contributed by atoms with Gasteiger partial charge < -0.3 is 29.7 Å².